The maximum atomic E-state index is 12.5. The lowest BCUT2D eigenvalue weighted by molar-refractivity contribution is -0.150. The number of benzene rings is 1. The summed E-state index contributed by atoms with van der Waals surface area (Å²) in [7, 11) is 0. The van der Waals surface area contributed by atoms with E-state index in [-0.39, 0.29) is 18.1 Å². The molecule has 2 atom stereocenters. The fourth-order valence-electron chi connectivity index (χ4n) is 4.42. The first-order valence-electron chi connectivity index (χ1n) is 13.6. The Morgan fingerprint density at radius 1 is 1.05 bits per heavy atom. The number of ether oxygens (including phenoxy) is 1. The van der Waals surface area contributed by atoms with Gasteiger partial charge in [-0.2, -0.15) is 0 Å². The second-order valence-electron chi connectivity index (χ2n) is 9.86. The topological polar surface area (TPSA) is 118 Å². The van der Waals surface area contributed by atoms with Crippen LogP contribution in [0.2, 0.25) is 0 Å². The highest BCUT2D eigenvalue weighted by atomic mass is 16.5. The zero-order valence-electron chi connectivity index (χ0n) is 23.0. The van der Waals surface area contributed by atoms with Gasteiger partial charge < -0.3 is 20.3 Å². The molecular formula is C30H34N8O2. The number of hydrogen-bond acceptors (Lipinski definition) is 10. The summed E-state index contributed by atoms with van der Waals surface area (Å²) in [5, 5.41) is 6.53. The lowest BCUT2D eigenvalue weighted by atomic mass is 10.1. The SMILES string of the molecule is CC[C@@H](C)OC(=O)C1CN(c2ccc(Cc3nccc(Nc4ccnc(-c5cccc(C)n5)n4)n3)cc2)CCN1. The number of aromatic nitrogens is 5. The maximum Gasteiger partial charge on any atom is 0.325 e. The summed E-state index contributed by atoms with van der Waals surface area (Å²) in [5.41, 5.74) is 3.80. The first kappa shape index (κ1) is 27.1. The van der Waals surface area contributed by atoms with E-state index in [0.29, 0.717) is 36.3 Å². The fourth-order valence-corrected chi connectivity index (χ4v) is 4.42. The molecule has 4 aromatic rings. The molecule has 1 aliphatic rings. The molecule has 1 aromatic carbocycles. The van der Waals surface area contributed by atoms with Crippen molar-refractivity contribution in [3.05, 3.63) is 84.1 Å². The van der Waals surface area contributed by atoms with Crippen molar-refractivity contribution >= 4 is 23.3 Å². The van der Waals surface area contributed by atoms with E-state index in [0.717, 1.165) is 42.1 Å². The molecular weight excluding hydrogens is 504 g/mol. The van der Waals surface area contributed by atoms with E-state index in [4.69, 9.17) is 4.74 Å². The summed E-state index contributed by atoms with van der Waals surface area (Å²) in [5.74, 6) is 2.34. The molecule has 4 heterocycles. The van der Waals surface area contributed by atoms with Crippen LogP contribution in [0.25, 0.3) is 11.5 Å². The highest BCUT2D eigenvalue weighted by Gasteiger charge is 2.27. The van der Waals surface area contributed by atoms with E-state index in [1.807, 2.05) is 45.0 Å². The predicted octanol–water partition coefficient (Wildman–Crippen LogP) is 4.09. The lowest BCUT2D eigenvalue weighted by Gasteiger charge is -2.34. The van der Waals surface area contributed by atoms with Crippen LogP contribution in [0.3, 0.4) is 0 Å². The summed E-state index contributed by atoms with van der Waals surface area (Å²) in [6, 6.07) is 17.4. The summed E-state index contributed by atoms with van der Waals surface area (Å²) in [4.78, 5) is 37.3. The van der Waals surface area contributed by atoms with Crippen molar-refractivity contribution in [2.45, 2.75) is 45.8 Å². The van der Waals surface area contributed by atoms with Crippen molar-refractivity contribution in [3.63, 3.8) is 0 Å². The van der Waals surface area contributed by atoms with Crippen LogP contribution >= 0.6 is 0 Å². The molecule has 0 bridgehead atoms. The van der Waals surface area contributed by atoms with E-state index >= 15 is 0 Å². The molecule has 1 saturated heterocycles. The monoisotopic (exact) mass is 538 g/mol. The minimum atomic E-state index is -0.329. The zero-order valence-corrected chi connectivity index (χ0v) is 23.0. The average molecular weight is 539 g/mol. The number of aryl methyl sites for hydroxylation is 1. The van der Waals surface area contributed by atoms with Gasteiger partial charge in [0.05, 0.1) is 6.10 Å². The molecule has 3 aromatic heterocycles. The predicted molar refractivity (Wildman–Crippen MR) is 154 cm³/mol. The van der Waals surface area contributed by atoms with Crippen molar-refractivity contribution in [2.24, 2.45) is 0 Å². The van der Waals surface area contributed by atoms with Gasteiger partial charge >= 0.3 is 5.97 Å². The smallest absolute Gasteiger partial charge is 0.325 e. The second kappa shape index (κ2) is 12.6. The van der Waals surface area contributed by atoms with Crippen LogP contribution in [0.4, 0.5) is 17.3 Å². The molecule has 1 unspecified atom stereocenters. The van der Waals surface area contributed by atoms with Gasteiger partial charge in [-0.15, -0.1) is 0 Å². The number of anilines is 3. The van der Waals surface area contributed by atoms with Gasteiger partial charge in [0.2, 0.25) is 0 Å². The van der Waals surface area contributed by atoms with E-state index in [1.54, 1.807) is 18.5 Å². The fraction of sp³-hybridized carbons (Fsp3) is 0.333. The molecule has 206 valence electrons. The minimum Gasteiger partial charge on any atom is -0.461 e. The quantitative estimate of drug-likeness (QED) is 0.302. The van der Waals surface area contributed by atoms with E-state index in [9.17, 15) is 4.79 Å². The highest BCUT2D eigenvalue weighted by molar-refractivity contribution is 5.77. The lowest BCUT2D eigenvalue weighted by Crippen LogP contribution is -2.55. The standard InChI is InChI=1S/C30H34N8O2/c1-4-21(3)40-30(39)25-19-38(17-16-31-25)23-10-8-22(9-11-23)18-28-32-14-12-26(36-28)35-27-13-15-33-29(37-27)24-7-5-6-20(2)34-24/h5-15,21,25,31H,4,16-19H2,1-3H3,(H,32,33,35,36,37)/t21-,25?/m1/s1. The van der Waals surface area contributed by atoms with Crippen LogP contribution in [0.15, 0.2) is 67.0 Å². The third-order valence-corrected chi connectivity index (χ3v) is 6.75. The molecule has 0 spiro atoms. The zero-order chi connectivity index (χ0) is 27.9. The first-order chi connectivity index (χ1) is 19.5. The molecule has 0 saturated carbocycles. The Balaban J connectivity index is 1.21. The normalized spacial score (nSPS) is 15.9. The van der Waals surface area contributed by atoms with Gasteiger partial charge in [-0.25, -0.2) is 24.9 Å². The Labute approximate surface area is 234 Å². The van der Waals surface area contributed by atoms with E-state index < -0.39 is 0 Å². The summed E-state index contributed by atoms with van der Waals surface area (Å²) in [6.07, 6.45) is 4.76. The van der Waals surface area contributed by atoms with Crippen LogP contribution in [-0.4, -0.2) is 62.7 Å². The first-order valence-corrected chi connectivity index (χ1v) is 13.6. The molecule has 5 rings (SSSR count). The molecule has 10 nitrogen and oxygen atoms in total. The van der Waals surface area contributed by atoms with Crippen molar-refractivity contribution in [1.29, 1.82) is 0 Å². The number of carbonyl (C=O) groups excluding carboxylic acids is 1. The van der Waals surface area contributed by atoms with Gasteiger partial charge in [0.25, 0.3) is 0 Å². The second-order valence-corrected chi connectivity index (χ2v) is 9.86. The number of hydrogen-bond donors (Lipinski definition) is 2. The van der Waals surface area contributed by atoms with Gasteiger partial charge in [0, 0.05) is 49.8 Å². The molecule has 0 radical (unpaired) electrons. The molecule has 10 heteroatoms. The van der Waals surface area contributed by atoms with Crippen LogP contribution < -0.4 is 15.5 Å². The van der Waals surface area contributed by atoms with E-state index in [2.05, 4.69) is 64.7 Å². The summed E-state index contributed by atoms with van der Waals surface area (Å²) >= 11 is 0. The van der Waals surface area contributed by atoms with Crippen LogP contribution in [0.5, 0.6) is 0 Å². The van der Waals surface area contributed by atoms with Gasteiger partial charge in [-0.3, -0.25) is 4.79 Å². The third kappa shape index (κ3) is 6.95. The Morgan fingerprint density at radius 3 is 2.60 bits per heavy atom. The van der Waals surface area contributed by atoms with Gasteiger partial charge in [0.15, 0.2) is 5.82 Å². The molecule has 0 aliphatic carbocycles. The summed E-state index contributed by atoms with van der Waals surface area (Å²) in [6.45, 7) is 8.00. The Kier molecular flexibility index (Phi) is 8.56. The largest absolute Gasteiger partial charge is 0.461 e. The minimum absolute atomic E-state index is 0.0748. The van der Waals surface area contributed by atoms with Crippen LogP contribution in [0.1, 0.15) is 37.4 Å². The average Bonchev–Trinajstić information content (AvgIpc) is 2.98. The van der Waals surface area contributed by atoms with Gasteiger partial charge in [-0.1, -0.05) is 25.1 Å². The number of rotatable bonds is 9. The Morgan fingerprint density at radius 2 is 1.82 bits per heavy atom. The number of pyridine rings is 1. The number of carbonyl (C=O) groups is 1. The number of nitrogens with one attached hydrogen (secondary N) is 2. The van der Waals surface area contributed by atoms with Crippen molar-refractivity contribution in [1.82, 2.24) is 30.2 Å². The van der Waals surface area contributed by atoms with E-state index in [1.165, 1.54) is 0 Å². The number of nitrogens with zero attached hydrogens (tertiary/aromatic N) is 6. The van der Waals surface area contributed by atoms with Crippen LogP contribution in [0, 0.1) is 6.92 Å². The van der Waals surface area contributed by atoms with Crippen LogP contribution in [-0.2, 0) is 16.0 Å². The molecule has 0 amide bonds. The molecule has 1 fully saturated rings. The van der Waals surface area contributed by atoms with Crippen molar-refractivity contribution < 1.29 is 9.53 Å². The van der Waals surface area contributed by atoms with Gasteiger partial charge in [-0.05, 0) is 62.2 Å². The van der Waals surface area contributed by atoms with Crippen molar-refractivity contribution in [2.75, 3.05) is 29.9 Å². The molecule has 2 N–H and O–H groups in total. The third-order valence-electron chi connectivity index (χ3n) is 6.75. The summed E-state index contributed by atoms with van der Waals surface area (Å²) < 4.78 is 5.53. The maximum absolute atomic E-state index is 12.5. The molecule has 1 aliphatic heterocycles. The highest BCUT2D eigenvalue weighted by Crippen LogP contribution is 2.20. The Hall–Kier alpha value is -4.44. The number of esters is 1. The Bertz CT molecular complexity index is 1450. The number of piperazine rings is 1. The molecule has 40 heavy (non-hydrogen) atoms. The van der Waals surface area contributed by atoms with Gasteiger partial charge in [0.1, 0.15) is 29.2 Å². The van der Waals surface area contributed by atoms with Crippen molar-refractivity contribution in [3.8, 4) is 11.5 Å².